The fourth-order valence-corrected chi connectivity index (χ4v) is 5.05. The van der Waals surface area contributed by atoms with E-state index in [0.717, 1.165) is 12.0 Å². The van der Waals surface area contributed by atoms with Gasteiger partial charge >= 0.3 is 0 Å². The molecule has 0 saturated heterocycles. The van der Waals surface area contributed by atoms with Crippen LogP contribution in [-0.4, -0.2) is 21.9 Å². The van der Waals surface area contributed by atoms with Crippen LogP contribution in [0.3, 0.4) is 0 Å². The Morgan fingerprint density at radius 3 is 2.44 bits per heavy atom. The lowest BCUT2D eigenvalue weighted by Crippen LogP contribution is -2.31. The molecule has 2 aliphatic carbocycles. The molecule has 2 aromatic rings. The summed E-state index contributed by atoms with van der Waals surface area (Å²) < 4.78 is 0. The number of aliphatic hydroxyl groups excluding tert-OH is 1. The molecule has 1 fully saturated rings. The van der Waals surface area contributed by atoms with Crippen molar-refractivity contribution in [2.24, 2.45) is 5.92 Å². The lowest BCUT2D eigenvalue weighted by Gasteiger charge is -2.43. The highest BCUT2D eigenvalue weighted by Crippen LogP contribution is 2.52. The predicted molar refractivity (Wildman–Crippen MR) is 98.1 cm³/mol. The third-order valence-electron chi connectivity index (χ3n) is 6.22. The Hall–Kier alpha value is -2.00. The Bertz CT molecular complexity index is 751. The van der Waals surface area contributed by atoms with E-state index in [9.17, 15) is 15.3 Å². The minimum absolute atomic E-state index is 0.0553. The van der Waals surface area contributed by atoms with Crippen molar-refractivity contribution in [2.45, 2.75) is 50.4 Å². The lowest BCUT2D eigenvalue weighted by atomic mass is 9.61. The molecule has 0 spiro atoms. The highest BCUT2D eigenvalue weighted by Gasteiger charge is 2.39. The first-order valence-corrected chi connectivity index (χ1v) is 9.42. The van der Waals surface area contributed by atoms with E-state index in [1.807, 2.05) is 6.07 Å². The third-order valence-corrected chi connectivity index (χ3v) is 6.22. The largest absolute Gasteiger partial charge is 0.508 e. The number of rotatable bonds is 3. The van der Waals surface area contributed by atoms with E-state index in [0.29, 0.717) is 35.7 Å². The van der Waals surface area contributed by atoms with Gasteiger partial charge in [0.15, 0.2) is 0 Å². The molecule has 3 heteroatoms. The van der Waals surface area contributed by atoms with Crippen LogP contribution in [0.4, 0.5) is 0 Å². The molecule has 4 rings (SSSR count). The highest BCUT2D eigenvalue weighted by molar-refractivity contribution is 5.47. The average Bonchev–Trinajstić information content (AvgIpc) is 2.63. The van der Waals surface area contributed by atoms with Crippen LogP contribution in [-0.2, 0) is 12.8 Å². The number of benzene rings is 2. The maximum absolute atomic E-state index is 10.4. The second-order valence-corrected chi connectivity index (χ2v) is 7.61. The van der Waals surface area contributed by atoms with Crippen molar-refractivity contribution in [3.8, 4) is 11.5 Å². The van der Waals surface area contributed by atoms with Crippen molar-refractivity contribution in [3.63, 3.8) is 0 Å². The van der Waals surface area contributed by atoms with Gasteiger partial charge in [0, 0.05) is 6.61 Å². The molecule has 0 amide bonds. The summed E-state index contributed by atoms with van der Waals surface area (Å²) in [6, 6.07) is 11.8. The molecular weight excluding hydrogens is 312 g/mol. The summed E-state index contributed by atoms with van der Waals surface area (Å²) in [6.45, 7) is 0.0553. The van der Waals surface area contributed by atoms with Gasteiger partial charge in [-0.3, -0.25) is 0 Å². The van der Waals surface area contributed by atoms with Crippen LogP contribution in [0, 0.1) is 5.92 Å². The van der Waals surface area contributed by atoms with Gasteiger partial charge in [-0.1, -0.05) is 31.0 Å². The maximum atomic E-state index is 10.4. The number of hydrogen-bond acceptors (Lipinski definition) is 3. The number of aliphatic hydroxyl groups is 1. The van der Waals surface area contributed by atoms with Gasteiger partial charge in [-0.25, -0.2) is 0 Å². The van der Waals surface area contributed by atoms with Crippen molar-refractivity contribution < 1.29 is 15.3 Å². The van der Waals surface area contributed by atoms with Gasteiger partial charge < -0.3 is 15.3 Å². The molecule has 3 atom stereocenters. The van der Waals surface area contributed by atoms with Crippen LogP contribution in [0.15, 0.2) is 36.4 Å². The molecule has 3 nitrogen and oxygen atoms in total. The zero-order valence-corrected chi connectivity index (χ0v) is 14.5. The maximum Gasteiger partial charge on any atom is 0.119 e. The molecule has 3 unspecified atom stereocenters. The van der Waals surface area contributed by atoms with Crippen molar-refractivity contribution in [2.75, 3.05) is 6.61 Å². The van der Waals surface area contributed by atoms with Crippen molar-refractivity contribution >= 4 is 0 Å². The van der Waals surface area contributed by atoms with Gasteiger partial charge in [-0.05, 0) is 83.9 Å². The van der Waals surface area contributed by atoms with E-state index in [1.54, 1.807) is 12.1 Å². The molecule has 0 heterocycles. The molecule has 0 aliphatic heterocycles. The molecule has 0 bridgehead atoms. The average molecular weight is 338 g/mol. The van der Waals surface area contributed by atoms with Gasteiger partial charge in [0.05, 0.1) is 0 Å². The summed E-state index contributed by atoms with van der Waals surface area (Å²) in [6.07, 6.45) is 6.42. The molecule has 25 heavy (non-hydrogen) atoms. The zero-order chi connectivity index (χ0) is 17.4. The van der Waals surface area contributed by atoms with Gasteiger partial charge in [-0.15, -0.1) is 0 Å². The number of hydrogen-bond donors (Lipinski definition) is 3. The SMILES string of the molecule is OCCc1cc2c(cc1O)C1CCCCC1C(c1ccc(O)cc1)C2. The first kappa shape index (κ1) is 16.5. The van der Waals surface area contributed by atoms with Crippen molar-refractivity contribution in [1.82, 2.24) is 0 Å². The summed E-state index contributed by atoms with van der Waals surface area (Å²) in [4.78, 5) is 0. The molecular formula is C22H26O3. The number of aromatic hydroxyl groups is 2. The van der Waals surface area contributed by atoms with E-state index in [4.69, 9.17) is 0 Å². The van der Waals surface area contributed by atoms with Gasteiger partial charge in [0.2, 0.25) is 0 Å². The Morgan fingerprint density at radius 2 is 1.68 bits per heavy atom. The smallest absolute Gasteiger partial charge is 0.119 e. The fraction of sp³-hybridized carbons (Fsp3) is 0.455. The second-order valence-electron chi connectivity index (χ2n) is 7.61. The monoisotopic (exact) mass is 338 g/mol. The Morgan fingerprint density at radius 1 is 0.920 bits per heavy atom. The molecule has 0 radical (unpaired) electrons. The van der Waals surface area contributed by atoms with Crippen LogP contribution < -0.4 is 0 Å². The van der Waals surface area contributed by atoms with Crippen LogP contribution in [0.1, 0.15) is 59.8 Å². The van der Waals surface area contributed by atoms with Crippen LogP contribution in [0.5, 0.6) is 11.5 Å². The summed E-state index contributed by atoms with van der Waals surface area (Å²) in [5.41, 5.74) is 4.79. The number of fused-ring (bicyclic) bond motifs is 3. The highest BCUT2D eigenvalue weighted by atomic mass is 16.3. The summed E-state index contributed by atoms with van der Waals surface area (Å²) >= 11 is 0. The lowest BCUT2D eigenvalue weighted by molar-refractivity contribution is 0.242. The van der Waals surface area contributed by atoms with E-state index < -0.39 is 0 Å². The zero-order valence-electron chi connectivity index (χ0n) is 14.5. The second kappa shape index (κ2) is 6.72. The van der Waals surface area contributed by atoms with Crippen LogP contribution >= 0.6 is 0 Å². The Labute approximate surface area is 149 Å². The third kappa shape index (κ3) is 3.02. The molecule has 132 valence electrons. The first-order valence-electron chi connectivity index (χ1n) is 9.42. The topological polar surface area (TPSA) is 60.7 Å². The van der Waals surface area contributed by atoms with Gasteiger partial charge in [0.1, 0.15) is 11.5 Å². The van der Waals surface area contributed by atoms with E-state index in [2.05, 4.69) is 18.2 Å². The summed E-state index contributed by atoms with van der Waals surface area (Å²) in [5.74, 6) is 2.22. The Balaban J connectivity index is 1.76. The Kier molecular flexibility index (Phi) is 4.43. The minimum Gasteiger partial charge on any atom is -0.508 e. The number of phenolic OH excluding ortho intramolecular Hbond substituents is 2. The first-order chi connectivity index (χ1) is 12.2. The number of phenols is 2. The van der Waals surface area contributed by atoms with E-state index >= 15 is 0 Å². The van der Waals surface area contributed by atoms with Gasteiger partial charge in [-0.2, -0.15) is 0 Å². The fourth-order valence-electron chi connectivity index (χ4n) is 5.05. The van der Waals surface area contributed by atoms with Crippen LogP contribution in [0.2, 0.25) is 0 Å². The standard InChI is InChI=1S/C22H26O3/c23-10-9-15-11-16-12-20(14-5-7-17(24)8-6-14)18-3-1-2-4-19(18)21(16)13-22(15)25/h5-8,11,13,18-20,23-25H,1-4,9-10,12H2. The normalized spacial score (nSPS) is 25.2. The summed E-state index contributed by atoms with van der Waals surface area (Å²) in [7, 11) is 0. The predicted octanol–water partition coefficient (Wildman–Crippen LogP) is 4.25. The van der Waals surface area contributed by atoms with E-state index in [-0.39, 0.29) is 6.61 Å². The van der Waals surface area contributed by atoms with E-state index in [1.165, 1.54) is 42.4 Å². The van der Waals surface area contributed by atoms with Crippen LogP contribution in [0.25, 0.3) is 0 Å². The van der Waals surface area contributed by atoms with Crippen molar-refractivity contribution in [1.29, 1.82) is 0 Å². The molecule has 2 aliphatic rings. The quantitative estimate of drug-likeness (QED) is 0.784. The molecule has 0 aromatic heterocycles. The molecule has 2 aromatic carbocycles. The molecule has 3 N–H and O–H groups in total. The van der Waals surface area contributed by atoms with Gasteiger partial charge in [0.25, 0.3) is 0 Å². The summed E-state index contributed by atoms with van der Waals surface area (Å²) in [5, 5.41) is 29.2. The van der Waals surface area contributed by atoms with Crippen molar-refractivity contribution in [3.05, 3.63) is 58.7 Å². The molecule has 1 saturated carbocycles. The minimum atomic E-state index is 0.0553.